The van der Waals surface area contributed by atoms with Gasteiger partial charge in [-0.2, -0.15) is 0 Å². The molecular formula is C14H20ClNO3. The zero-order valence-corrected chi connectivity index (χ0v) is 12.2. The second kappa shape index (κ2) is 7.36. The van der Waals surface area contributed by atoms with Crippen molar-refractivity contribution in [3.05, 3.63) is 28.8 Å². The number of benzene rings is 1. The average Bonchev–Trinajstić information content (AvgIpc) is 2.36. The van der Waals surface area contributed by atoms with Crippen LogP contribution in [0.1, 0.15) is 26.3 Å². The first-order valence-corrected chi connectivity index (χ1v) is 6.63. The maximum Gasteiger partial charge on any atom is 0.258 e. The van der Waals surface area contributed by atoms with Crippen LogP contribution in [0.5, 0.6) is 5.75 Å². The first-order valence-electron chi connectivity index (χ1n) is 6.25. The molecule has 1 atom stereocenters. The van der Waals surface area contributed by atoms with E-state index in [1.54, 1.807) is 18.2 Å². The van der Waals surface area contributed by atoms with Crippen LogP contribution in [0.2, 0.25) is 5.02 Å². The van der Waals surface area contributed by atoms with E-state index in [-0.39, 0.29) is 25.2 Å². The van der Waals surface area contributed by atoms with E-state index in [1.165, 1.54) is 0 Å². The number of aliphatic hydroxyl groups excluding tert-OH is 1. The molecular weight excluding hydrogens is 266 g/mol. The number of aliphatic hydroxyl groups is 1. The topological polar surface area (TPSA) is 58.6 Å². The molecule has 0 heterocycles. The zero-order chi connectivity index (χ0) is 14.4. The highest BCUT2D eigenvalue weighted by molar-refractivity contribution is 6.32. The minimum atomic E-state index is -0.177. The van der Waals surface area contributed by atoms with Crippen LogP contribution in [-0.4, -0.2) is 23.7 Å². The predicted molar refractivity (Wildman–Crippen MR) is 75.3 cm³/mol. The Hall–Kier alpha value is -1.26. The molecule has 1 aromatic rings. The summed E-state index contributed by atoms with van der Waals surface area (Å²) in [6.45, 7) is 5.87. The molecule has 1 unspecified atom stereocenters. The van der Waals surface area contributed by atoms with Crippen molar-refractivity contribution in [2.24, 2.45) is 5.92 Å². The molecule has 0 fully saturated rings. The molecule has 1 amide bonds. The van der Waals surface area contributed by atoms with E-state index in [0.29, 0.717) is 22.3 Å². The van der Waals surface area contributed by atoms with Crippen molar-refractivity contribution < 1.29 is 14.6 Å². The summed E-state index contributed by atoms with van der Waals surface area (Å²) in [4.78, 5) is 11.6. The fraction of sp³-hybridized carbons (Fsp3) is 0.500. The largest absolute Gasteiger partial charge is 0.482 e. The molecule has 1 aromatic carbocycles. The van der Waals surface area contributed by atoms with E-state index in [0.717, 1.165) is 0 Å². The Balaban J connectivity index is 2.50. The molecule has 1 rings (SSSR count). The lowest BCUT2D eigenvalue weighted by Crippen LogP contribution is -2.38. The minimum Gasteiger partial charge on any atom is -0.482 e. The van der Waals surface area contributed by atoms with E-state index < -0.39 is 0 Å². The highest BCUT2D eigenvalue weighted by Gasteiger charge is 2.12. The molecule has 0 aromatic heterocycles. The highest BCUT2D eigenvalue weighted by Crippen LogP contribution is 2.25. The van der Waals surface area contributed by atoms with Crippen molar-refractivity contribution in [3.63, 3.8) is 0 Å². The van der Waals surface area contributed by atoms with Gasteiger partial charge in [-0.25, -0.2) is 0 Å². The fourth-order valence-corrected chi connectivity index (χ4v) is 1.62. The zero-order valence-electron chi connectivity index (χ0n) is 11.4. The quantitative estimate of drug-likeness (QED) is 0.844. The first-order chi connectivity index (χ1) is 8.93. The fourth-order valence-electron chi connectivity index (χ4n) is 1.37. The number of carbonyl (C=O) groups excluding carboxylic acids is 1. The Labute approximate surface area is 118 Å². The lowest BCUT2D eigenvalue weighted by atomic mass is 10.1. The van der Waals surface area contributed by atoms with Crippen LogP contribution in [0, 0.1) is 5.92 Å². The van der Waals surface area contributed by atoms with Gasteiger partial charge < -0.3 is 15.2 Å². The lowest BCUT2D eigenvalue weighted by Gasteiger charge is -2.17. The van der Waals surface area contributed by atoms with Crippen molar-refractivity contribution in [2.45, 2.75) is 33.4 Å². The van der Waals surface area contributed by atoms with E-state index in [1.807, 2.05) is 20.8 Å². The van der Waals surface area contributed by atoms with E-state index in [2.05, 4.69) is 5.32 Å². The number of carbonyl (C=O) groups is 1. The van der Waals surface area contributed by atoms with Gasteiger partial charge in [0.2, 0.25) is 0 Å². The van der Waals surface area contributed by atoms with Gasteiger partial charge in [-0.3, -0.25) is 4.79 Å². The van der Waals surface area contributed by atoms with Gasteiger partial charge in [-0.05, 0) is 30.5 Å². The third kappa shape index (κ3) is 5.09. The van der Waals surface area contributed by atoms with Crippen molar-refractivity contribution in [1.82, 2.24) is 5.32 Å². The first kappa shape index (κ1) is 15.8. The van der Waals surface area contributed by atoms with Crippen LogP contribution in [0.3, 0.4) is 0 Å². The van der Waals surface area contributed by atoms with Gasteiger partial charge in [-0.1, -0.05) is 31.5 Å². The van der Waals surface area contributed by atoms with Crippen LogP contribution in [0.25, 0.3) is 0 Å². The smallest absolute Gasteiger partial charge is 0.258 e. The number of nitrogens with one attached hydrogen (secondary N) is 1. The molecule has 0 spiro atoms. The second-order valence-electron chi connectivity index (χ2n) is 4.81. The molecule has 19 heavy (non-hydrogen) atoms. The Morgan fingerprint density at radius 1 is 1.42 bits per heavy atom. The van der Waals surface area contributed by atoms with Crippen LogP contribution in [0.4, 0.5) is 0 Å². The van der Waals surface area contributed by atoms with Crippen LogP contribution < -0.4 is 10.1 Å². The number of hydrogen-bond acceptors (Lipinski definition) is 3. The Kier molecular flexibility index (Phi) is 6.12. The van der Waals surface area contributed by atoms with Crippen molar-refractivity contribution in [1.29, 1.82) is 0 Å². The minimum absolute atomic E-state index is 0.0742. The van der Waals surface area contributed by atoms with Gasteiger partial charge in [0.1, 0.15) is 5.75 Å². The molecule has 0 bridgehead atoms. The van der Waals surface area contributed by atoms with Crippen LogP contribution in [-0.2, 0) is 11.4 Å². The number of rotatable bonds is 6. The Bertz CT molecular complexity index is 435. The van der Waals surface area contributed by atoms with Crippen LogP contribution in [0.15, 0.2) is 18.2 Å². The Morgan fingerprint density at radius 2 is 2.11 bits per heavy atom. The molecule has 0 aliphatic heterocycles. The number of amides is 1. The second-order valence-corrected chi connectivity index (χ2v) is 5.22. The van der Waals surface area contributed by atoms with Crippen LogP contribution >= 0.6 is 11.6 Å². The van der Waals surface area contributed by atoms with Gasteiger partial charge in [0.25, 0.3) is 5.91 Å². The monoisotopic (exact) mass is 285 g/mol. The van der Waals surface area contributed by atoms with E-state index in [9.17, 15) is 4.79 Å². The highest BCUT2D eigenvalue weighted by atomic mass is 35.5. The Morgan fingerprint density at radius 3 is 2.63 bits per heavy atom. The third-order valence-corrected chi connectivity index (χ3v) is 3.22. The normalized spacial score (nSPS) is 12.3. The molecule has 106 valence electrons. The summed E-state index contributed by atoms with van der Waals surface area (Å²) >= 11 is 5.98. The maximum absolute atomic E-state index is 11.6. The SMILES string of the molecule is CC(C)C(C)NC(=O)COc1ccc(CO)cc1Cl. The van der Waals surface area contributed by atoms with Crippen molar-refractivity contribution in [3.8, 4) is 5.75 Å². The summed E-state index contributed by atoms with van der Waals surface area (Å²) in [6, 6.07) is 5.07. The third-order valence-electron chi connectivity index (χ3n) is 2.93. The molecule has 5 heteroatoms. The molecule has 0 radical (unpaired) electrons. The summed E-state index contributed by atoms with van der Waals surface area (Å²) in [7, 11) is 0. The van der Waals surface area contributed by atoms with Gasteiger partial charge in [0, 0.05) is 6.04 Å². The number of halogens is 1. The lowest BCUT2D eigenvalue weighted by molar-refractivity contribution is -0.123. The molecule has 0 aliphatic rings. The molecule has 0 saturated heterocycles. The number of ether oxygens (including phenoxy) is 1. The number of hydrogen-bond donors (Lipinski definition) is 2. The molecule has 4 nitrogen and oxygen atoms in total. The summed E-state index contributed by atoms with van der Waals surface area (Å²) in [5.74, 6) is 0.631. The predicted octanol–water partition coefficient (Wildman–Crippen LogP) is 2.37. The van der Waals surface area contributed by atoms with Crippen molar-refractivity contribution >= 4 is 17.5 Å². The van der Waals surface area contributed by atoms with Gasteiger partial charge in [0.15, 0.2) is 6.61 Å². The maximum atomic E-state index is 11.6. The molecule has 0 saturated carbocycles. The van der Waals surface area contributed by atoms with Gasteiger partial charge >= 0.3 is 0 Å². The summed E-state index contributed by atoms with van der Waals surface area (Å²) in [5, 5.41) is 12.2. The average molecular weight is 286 g/mol. The summed E-state index contributed by atoms with van der Waals surface area (Å²) in [5.41, 5.74) is 0.704. The van der Waals surface area contributed by atoms with Gasteiger partial charge in [-0.15, -0.1) is 0 Å². The van der Waals surface area contributed by atoms with E-state index in [4.69, 9.17) is 21.4 Å². The molecule has 0 aliphatic carbocycles. The van der Waals surface area contributed by atoms with Gasteiger partial charge in [0.05, 0.1) is 11.6 Å². The molecule has 2 N–H and O–H groups in total. The summed E-state index contributed by atoms with van der Waals surface area (Å²) in [6.07, 6.45) is 0. The van der Waals surface area contributed by atoms with Crippen molar-refractivity contribution in [2.75, 3.05) is 6.61 Å². The standard InChI is InChI=1S/C14H20ClNO3/c1-9(2)10(3)16-14(18)8-19-13-5-4-11(7-17)6-12(13)15/h4-6,9-10,17H,7-8H2,1-3H3,(H,16,18). The van der Waals surface area contributed by atoms with E-state index >= 15 is 0 Å². The summed E-state index contributed by atoms with van der Waals surface area (Å²) < 4.78 is 5.35.